The van der Waals surface area contributed by atoms with E-state index in [2.05, 4.69) is 19.9 Å². The highest BCUT2D eigenvalue weighted by molar-refractivity contribution is 4.99. The van der Waals surface area contributed by atoms with Gasteiger partial charge in [-0.1, -0.05) is 25.5 Å². The summed E-state index contributed by atoms with van der Waals surface area (Å²) in [7, 11) is 0. The lowest BCUT2D eigenvalue weighted by molar-refractivity contribution is 0.289. The van der Waals surface area contributed by atoms with E-state index in [1.807, 2.05) is 0 Å². The van der Waals surface area contributed by atoms with Crippen molar-refractivity contribution in [3.8, 4) is 0 Å². The van der Waals surface area contributed by atoms with Crippen molar-refractivity contribution in [2.45, 2.75) is 39.5 Å². The predicted molar refractivity (Wildman–Crippen MR) is 45.0 cm³/mol. The van der Waals surface area contributed by atoms with Crippen molar-refractivity contribution in [2.75, 3.05) is 6.61 Å². The molecule has 0 aromatic rings. The first-order chi connectivity index (χ1) is 4.85. The van der Waals surface area contributed by atoms with E-state index in [1.165, 1.54) is 5.57 Å². The van der Waals surface area contributed by atoms with E-state index in [-0.39, 0.29) is 0 Å². The number of hydrogen-bond acceptors (Lipinski definition) is 1. The minimum absolute atomic E-state index is 0.317. The molecule has 0 saturated carbocycles. The second kappa shape index (κ2) is 6.81. The lowest BCUT2D eigenvalue weighted by Crippen LogP contribution is -1.82. The number of hydrogen-bond donors (Lipinski definition) is 1. The molecule has 10 heavy (non-hydrogen) atoms. The van der Waals surface area contributed by atoms with Crippen molar-refractivity contribution in [3.05, 3.63) is 11.6 Å². The standard InChI is InChI=1S/C9H18O/c1-3-9(4-2)7-5-6-8-10/h7,10H,3-6,8H2,1-2H3. The fraction of sp³-hybridized carbons (Fsp3) is 0.778. The second-order valence-corrected chi connectivity index (χ2v) is 2.44. The second-order valence-electron chi connectivity index (χ2n) is 2.44. The molecule has 0 amide bonds. The third-order valence-electron chi connectivity index (χ3n) is 1.70. The molecule has 0 saturated heterocycles. The molecule has 0 aliphatic rings. The van der Waals surface area contributed by atoms with Crippen molar-refractivity contribution in [2.24, 2.45) is 0 Å². The normalized spacial score (nSPS) is 9.50. The smallest absolute Gasteiger partial charge is 0.0433 e. The van der Waals surface area contributed by atoms with Gasteiger partial charge in [0.25, 0.3) is 0 Å². The third kappa shape index (κ3) is 4.57. The van der Waals surface area contributed by atoms with Crippen LogP contribution in [0.1, 0.15) is 39.5 Å². The summed E-state index contributed by atoms with van der Waals surface area (Å²) in [5.41, 5.74) is 1.51. The van der Waals surface area contributed by atoms with E-state index < -0.39 is 0 Å². The lowest BCUT2D eigenvalue weighted by atomic mass is 10.1. The zero-order valence-corrected chi connectivity index (χ0v) is 7.06. The summed E-state index contributed by atoms with van der Waals surface area (Å²) in [5.74, 6) is 0. The number of aliphatic hydroxyl groups is 1. The fourth-order valence-electron chi connectivity index (χ4n) is 0.936. The highest BCUT2D eigenvalue weighted by Crippen LogP contribution is 2.07. The summed E-state index contributed by atoms with van der Waals surface area (Å²) in [5, 5.41) is 8.50. The van der Waals surface area contributed by atoms with Crippen molar-refractivity contribution in [3.63, 3.8) is 0 Å². The predicted octanol–water partition coefficient (Wildman–Crippen LogP) is 2.51. The Bertz CT molecular complexity index is 88.9. The Balaban J connectivity index is 3.43. The van der Waals surface area contributed by atoms with E-state index in [0.717, 1.165) is 25.7 Å². The van der Waals surface area contributed by atoms with Gasteiger partial charge in [0.2, 0.25) is 0 Å². The first-order valence-corrected chi connectivity index (χ1v) is 4.13. The molecule has 1 N–H and O–H groups in total. The van der Waals surface area contributed by atoms with Gasteiger partial charge in [0.1, 0.15) is 0 Å². The zero-order valence-electron chi connectivity index (χ0n) is 7.06. The maximum absolute atomic E-state index is 8.50. The zero-order chi connectivity index (χ0) is 7.82. The van der Waals surface area contributed by atoms with Crippen molar-refractivity contribution >= 4 is 0 Å². The summed E-state index contributed by atoms with van der Waals surface area (Å²) in [6.07, 6.45) is 6.50. The molecule has 0 aliphatic carbocycles. The molecule has 0 aromatic carbocycles. The van der Waals surface area contributed by atoms with Crippen LogP contribution in [-0.4, -0.2) is 11.7 Å². The van der Waals surface area contributed by atoms with Crippen molar-refractivity contribution in [1.82, 2.24) is 0 Å². The van der Waals surface area contributed by atoms with Gasteiger partial charge in [-0.05, 0) is 25.7 Å². The average molecular weight is 142 g/mol. The Hall–Kier alpha value is -0.300. The summed E-state index contributed by atoms with van der Waals surface area (Å²) >= 11 is 0. The van der Waals surface area contributed by atoms with Crippen LogP contribution in [0.4, 0.5) is 0 Å². The van der Waals surface area contributed by atoms with Gasteiger partial charge < -0.3 is 5.11 Å². The van der Waals surface area contributed by atoms with Crippen LogP contribution in [0.15, 0.2) is 11.6 Å². The first kappa shape index (κ1) is 9.70. The average Bonchev–Trinajstić information content (AvgIpc) is 1.99. The maximum Gasteiger partial charge on any atom is 0.0433 e. The van der Waals surface area contributed by atoms with Gasteiger partial charge >= 0.3 is 0 Å². The Labute approximate surface area is 63.8 Å². The van der Waals surface area contributed by atoms with Gasteiger partial charge in [-0.2, -0.15) is 0 Å². The van der Waals surface area contributed by atoms with Crippen LogP contribution in [0.2, 0.25) is 0 Å². The van der Waals surface area contributed by atoms with Crippen LogP contribution >= 0.6 is 0 Å². The Morgan fingerprint density at radius 3 is 2.30 bits per heavy atom. The van der Waals surface area contributed by atoms with Crippen LogP contribution in [0.3, 0.4) is 0 Å². The van der Waals surface area contributed by atoms with Gasteiger partial charge in [0.15, 0.2) is 0 Å². The van der Waals surface area contributed by atoms with Gasteiger partial charge in [-0.15, -0.1) is 0 Å². The molecule has 0 rings (SSSR count). The van der Waals surface area contributed by atoms with E-state index in [0.29, 0.717) is 6.61 Å². The number of rotatable bonds is 5. The molecule has 0 bridgehead atoms. The van der Waals surface area contributed by atoms with E-state index in [1.54, 1.807) is 0 Å². The summed E-state index contributed by atoms with van der Waals surface area (Å²) in [6.45, 7) is 4.67. The Morgan fingerprint density at radius 1 is 1.30 bits per heavy atom. The van der Waals surface area contributed by atoms with Crippen LogP contribution in [-0.2, 0) is 0 Å². The van der Waals surface area contributed by atoms with E-state index in [4.69, 9.17) is 5.11 Å². The summed E-state index contributed by atoms with van der Waals surface area (Å²) in [4.78, 5) is 0. The molecule has 1 heteroatoms. The molecule has 0 radical (unpaired) electrons. The van der Waals surface area contributed by atoms with Crippen LogP contribution in [0.25, 0.3) is 0 Å². The largest absolute Gasteiger partial charge is 0.396 e. The van der Waals surface area contributed by atoms with E-state index in [9.17, 15) is 0 Å². The van der Waals surface area contributed by atoms with Crippen LogP contribution in [0, 0.1) is 0 Å². The molecule has 0 unspecified atom stereocenters. The number of allylic oxidation sites excluding steroid dienone is 2. The monoisotopic (exact) mass is 142 g/mol. The van der Waals surface area contributed by atoms with Gasteiger partial charge in [-0.3, -0.25) is 0 Å². The molecule has 60 valence electrons. The third-order valence-corrected chi connectivity index (χ3v) is 1.70. The molecule has 0 spiro atoms. The maximum atomic E-state index is 8.50. The molecule has 0 heterocycles. The summed E-state index contributed by atoms with van der Waals surface area (Å²) in [6, 6.07) is 0. The minimum Gasteiger partial charge on any atom is -0.396 e. The van der Waals surface area contributed by atoms with Crippen molar-refractivity contribution < 1.29 is 5.11 Å². The molecular formula is C9H18O. The highest BCUT2D eigenvalue weighted by atomic mass is 16.2. The fourth-order valence-corrected chi connectivity index (χ4v) is 0.936. The first-order valence-electron chi connectivity index (χ1n) is 4.13. The SMILES string of the molecule is CCC(=CCCCO)CC. The van der Waals surface area contributed by atoms with Gasteiger partial charge in [-0.25, -0.2) is 0 Å². The van der Waals surface area contributed by atoms with Gasteiger partial charge in [0.05, 0.1) is 0 Å². The highest BCUT2D eigenvalue weighted by Gasteiger charge is 1.87. The van der Waals surface area contributed by atoms with Crippen LogP contribution < -0.4 is 0 Å². The lowest BCUT2D eigenvalue weighted by Gasteiger charge is -1.98. The van der Waals surface area contributed by atoms with Crippen molar-refractivity contribution in [1.29, 1.82) is 0 Å². The quantitative estimate of drug-likeness (QED) is 0.462. The minimum atomic E-state index is 0.317. The van der Waals surface area contributed by atoms with Crippen LogP contribution in [0.5, 0.6) is 0 Å². The topological polar surface area (TPSA) is 20.2 Å². The molecule has 1 nitrogen and oxygen atoms in total. The molecule has 0 aliphatic heterocycles. The van der Waals surface area contributed by atoms with Gasteiger partial charge in [0, 0.05) is 6.61 Å². The number of aliphatic hydroxyl groups excluding tert-OH is 1. The Morgan fingerprint density at radius 2 is 1.90 bits per heavy atom. The Kier molecular flexibility index (Phi) is 6.61. The summed E-state index contributed by atoms with van der Waals surface area (Å²) < 4.78 is 0. The molecule has 0 aromatic heterocycles. The molecule has 0 atom stereocenters. The molecule has 0 fully saturated rings. The molecular weight excluding hydrogens is 124 g/mol. The van der Waals surface area contributed by atoms with E-state index >= 15 is 0 Å². The number of unbranched alkanes of at least 4 members (excludes halogenated alkanes) is 1.